The van der Waals surface area contributed by atoms with Gasteiger partial charge in [-0.25, -0.2) is 0 Å². The van der Waals surface area contributed by atoms with Crippen molar-refractivity contribution in [3.63, 3.8) is 0 Å². The fourth-order valence-electron chi connectivity index (χ4n) is 2.71. The standard InChI is InChI=1S/C16H22Cl2N2O/c1-11(19-13-6-4-2-3-5-7-13)16(21)20-15-9-8-12(17)10-14(15)18/h8-11,13,19H,2-7H2,1H3,(H,20,21)/t11-/m1/s1. The monoisotopic (exact) mass is 328 g/mol. The van der Waals surface area contributed by atoms with Crippen LogP contribution in [0.25, 0.3) is 0 Å². The first-order valence-electron chi connectivity index (χ1n) is 7.58. The van der Waals surface area contributed by atoms with E-state index in [0.29, 0.717) is 21.8 Å². The number of hydrogen-bond acceptors (Lipinski definition) is 2. The summed E-state index contributed by atoms with van der Waals surface area (Å²) in [6, 6.07) is 5.27. The van der Waals surface area contributed by atoms with Crippen molar-refractivity contribution >= 4 is 34.8 Å². The lowest BCUT2D eigenvalue weighted by Crippen LogP contribution is -2.43. The Hall–Kier alpha value is -0.770. The average Bonchev–Trinajstić information content (AvgIpc) is 2.70. The van der Waals surface area contributed by atoms with E-state index in [0.717, 1.165) is 12.8 Å². The molecule has 0 saturated heterocycles. The molecule has 0 unspecified atom stereocenters. The molecule has 0 heterocycles. The first-order valence-corrected chi connectivity index (χ1v) is 8.34. The third-order valence-electron chi connectivity index (χ3n) is 3.92. The van der Waals surface area contributed by atoms with Crippen LogP contribution in [0, 0.1) is 0 Å². The van der Waals surface area contributed by atoms with Crippen LogP contribution in [0.2, 0.25) is 10.0 Å². The summed E-state index contributed by atoms with van der Waals surface area (Å²) in [6.45, 7) is 1.89. The molecule has 21 heavy (non-hydrogen) atoms. The number of benzene rings is 1. The zero-order valence-corrected chi connectivity index (χ0v) is 13.8. The molecule has 0 bridgehead atoms. The van der Waals surface area contributed by atoms with E-state index in [1.807, 2.05) is 6.92 Å². The highest BCUT2D eigenvalue weighted by molar-refractivity contribution is 6.36. The van der Waals surface area contributed by atoms with E-state index in [4.69, 9.17) is 23.2 Å². The molecule has 0 aromatic heterocycles. The molecule has 1 fully saturated rings. The van der Waals surface area contributed by atoms with Gasteiger partial charge in [-0.05, 0) is 38.0 Å². The summed E-state index contributed by atoms with van der Waals surface area (Å²) in [4.78, 5) is 12.2. The second-order valence-electron chi connectivity index (χ2n) is 5.69. The van der Waals surface area contributed by atoms with E-state index in [2.05, 4.69) is 10.6 Å². The van der Waals surface area contributed by atoms with Gasteiger partial charge in [-0.2, -0.15) is 0 Å². The van der Waals surface area contributed by atoms with Gasteiger partial charge in [0.05, 0.1) is 16.8 Å². The zero-order valence-electron chi connectivity index (χ0n) is 12.3. The number of rotatable bonds is 4. The molecular weight excluding hydrogens is 307 g/mol. The molecule has 1 aliphatic carbocycles. The Morgan fingerprint density at radius 1 is 1.19 bits per heavy atom. The average molecular weight is 329 g/mol. The molecule has 0 spiro atoms. The molecule has 0 radical (unpaired) electrons. The van der Waals surface area contributed by atoms with Crippen LogP contribution in [-0.2, 0) is 4.79 Å². The highest BCUT2D eigenvalue weighted by atomic mass is 35.5. The van der Waals surface area contributed by atoms with Crippen molar-refractivity contribution in [3.05, 3.63) is 28.2 Å². The molecule has 0 aliphatic heterocycles. The summed E-state index contributed by atoms with van der Waals surface area (Å²) >= 11 is 11.9. The lowest BCUT2D eigenvalue weighted by molar-refractivity contribution is -0.118. The van der Waals surface area contributed by atoms with Crippen molar-refractivity contribution in [1.29, 1.82) is 0 Å². The molecule has 1 amide bonds. The van der Waals surface area contributed by atoms with Gasteiger partial charge in [-0.15, -0.1) is 0 Å². The summed E-state index contributed by atoms with van der Waals surface area (Å²) in [6.07, 6.45) is 7.40. The SMILES string of the molecule is C[C@@H](NC1CCCCCC1)C(=O)Nc1ccc(Cl)cc1Cl. The van der Waals surface area contributed by atoms with Gasteiger partial charge >= 0.3 is 0 Å². The Morgan fingerprint density at radius 3 is 2.48 bits per heavy atom. The van der Waals surface area contributed by atoms with Crippen LogP contribution in [0.15, 0.2) is 18.2 Å². The maximum Gasteiger partial charge on any atom is 0.241 e. The molecule has 3 nitrogen and oxygen atoms in total. The number of amides is 1. The highest BCUT2D eigenvalue weighted by Crippen LogP contribution is 2.25. The smallest absolute Gasteiger partial charge is 0.241 e. The predicted molar refractivity (Wildman–Crippen MR) is 89.2 cm³/mol. The molecule has 1 aromatic carbocycles. The minimum absolute atomic E-state index is 0.0662. The first kappa shape index (κ1) is 16.6. The lowest BCUT2D eigenvalue weighted by Gasteiger charge is -2.21. The van der Waals surface area contributed by atoms with Gasteiger partial charge in [0.1, 0.15) is 0 Å². The third kappa shape index (κ3) is 5.17. The van der Waals surface area contributed by atoms with E-state index in [1.165, 1.54) is 25.7 Å². The molecule has 2 rings (SSSR count). The molecule has 116 valence electrons. The van der Waals surface area contributed by atoms with Gasteiger partial charge in [0, 0.05) is 11.1 Å². The Balaban J connectivity index is 1.89. The van der Waals surface area contributed by atoms with E-state index >= 15 is 0 Å². The van der Waals surface area contributed by atoms with Gasteiger partial charge in [-0.3, -0.25) is 4.79 Å². The third-order valence-corrected chi connectivity index (χ3v) is 4.47. The Kier molecular flexibility index (Phi) is 6.34. The van der Waals surface area contributed by atoms with E-state index in [-0.39, 0.29) is 11.9 Å². The van der Waals surface area contributed by atoms with Crippen molar-refractivity contribution in [2.75, 3.05) is 5.32 Å². The molecule has 5 heteroatoms. The molecular formula is C16H22Cl2N2O. The van der Waals surface area contributed by atoms with Crippen molar-refractivity contribution in [2.45, 2.75) is 57.5 Å². The van der Waals surface area contributed by atoms with E-state index < -0.39 is 0 Å². The van der Waals surface area contributed by atoms with Crippen molar-refractivity contribution in [2.24, 2.45) is 0 Å². The molecule has 1 saturated carbocycles. The second kappa shape index (κ2) is 8.02. The van der Waals surface area contributed by atoms with Gasteiger partial charge in [0.15, 0.2) is 0 Å². The van der Waals surface area contributed by atoms with Crippen LogP contribution in [0.4, 0.5) is 5.69 Å². The largest absolute Gasteiger partial charge is 0.323 e. The molecule has 2 N–H and O–H groups in total. The van der Waals surface area contributed by atoms with Gasteiger partial charge < -0.3 is 10.6 Å². The summed E-state index contributed by atoms with van der Waals surface area (Å²) in [5.41, 5.74) is 0.598. The number of carbonyl (C=O) groups is 1. The van der Waals surface area contributed by atoms with Gasteiger partial charge in [0.25, 0.3) is 0 Å². The topological polar surface area (TPSA) is 41.1 Å². The Morgan fingerprint density at radius 2 is 1.86 bits per heavy atom. The summed E-state index contributed by atoms with van der Waals surface area (Å²) < 4.78 is 0. The number of nitrogens with one attached hydrogen (secondary N) is 2. The van der Waals surface area contributed by atoms with Crippen LogP contribution in [0.3, 0.4) is 0 Å². The number of hydrogen-bond donors (Lipinski definition) is 2. The minimum Gasteiger partial charge on any atom is -0.323 e. The van der Waals surface area contributed by atoms with Gasteiger partial charge in [0.2, 0.25) is 5.91 Å². The predicted octanol–water partition coefficient (Wildman–Crippen LogP) is 4.63. The van der Waals surface area contributed by atoms with E-state index in [9.17, 15) is 4.79 Å². The van der Waals surface area contributed by atoms with Crippen molar-refractivity contribution in [3.8, 4) is 0 Å². The first-order chi connectivity index (χ1) is 10.1. The number of carbonyl (C=O) groups excluding carboxylic acids is 1. The summed E-state index contributed by atoms with van der Waals surface area (Å²) in [7, 11) is 0. The fraction of sp³-hybridized carbons (Fsp3) is 0.562. The minimum atomic E-state index is -0.236. The number of halogens is 2. The summed E-state index contributed by atoms with van der Waals surface area (Å²) in [5.74, 6) is -0.0662. The van der Waals surface area contributed by atoms with Crippen molar-refractivity contribution < 1.29 is 4.79 Å². The van der Waals surface area contributed by atoms with Gasteiger partial charge in [-0.1, -0.05) is 48.9 Å². The molecule has 1 aliphatic rings. The Labute approximate surface area is 136 Å². The van der Waals surface area contributed by atoms with E-state index in [1.54, 1.807) is 18.2 Å². The van der Waals surface area contributed by atoms with Crippen LogP contribution in [0.1, 0.15) is 45.4 Å². The fourth-order valence-corrected chi connectivity index (χ4v) is 3.16. The normalized spacial score (nSPS) is 18.0. The maximum atomic E-state index is 12.2. The quantitative estimate of drug-likeness (QED) is 0.791. The van der Waals surface area contributed by atoms with Crippen LogP contribution in [-0.4, -0.2) is 18.0 Å². The molecule has 1 aromatic rings. The summed E-state index contributed by atoms with van der Waals surface area (Å²) in [5, 5.41) is 7.29. The lowest BCUT2D eigenvalue weighted by atomic mass is 10.1. The number of anilines is 1. The zero-order chi connectivity index (χ0) is 15.2. The highest BCUT2D eigenvalue weighted by Gasteiger charge is 2.19. The maximum absolute atomic E-state index is 12.2. The van der Waals surface area contributed by atoms with Crippen LogP contribution in [0.5, 0.6) is 0 Å². The molecule has 1 atom stereocenters. The Bertz CT molecular complexity index is 485. The van der Waals surface area contributed by atoms with Crippen LogP contribution >= 0.6 is 23.2 Å². The second-order valence-corrected chi connectivity index (χ2v) is 6.53. The van der Waals surface area contributed by atoms with Crippen molar-refractivity contribution in [1.82, 2.24) is 5.32 Å². The van der Waals surface area contributed by atoms with Crippen LogP contribution < -0.4 is 10.6 Å².